The van der Waals surface area contributed by atoms with Gasteiger partial charge < -0.3 is 14.0 Å². The van der Waals surface area contributed by atoms with Crippen LogP contribution < -0.4 is 9.50 Å². The van der Waals surface area contributed by atoms with Crippen LogP contribution in [0, 0.1) is 17.3 Å². The van der Waals surface area contributed by atoms with Gasteiger partial charge in [-0.3, -0.25) is 0 Å². The Kier molecular flexibility index (Phi) is 2.44. The third-order valence-electron chi connectivity index (χ3n) is 4.15. The average Bonchev–Trinajstić information content (AvgIpc) is 3.04. The molecular formula is C16H12N2O2S2. The van der Waals surface area contributed by atoms with Crippen LogP contribution in [0.5, 0.6) is 5.06 Å². The van der Waals surface area contributed by atoms with Crippen LogP contribution in [-0.2, 0) is 0 Å². The fourth-order valence-corrected chi connectivity index (χ4v) is 5.80. The van der Waals surface area contributed by atoms with Gasteiger partial charge in [0.2, 0.25) is 0 Å². The van der Waals surface area contributed by atoms with E-state index in [9.17, 15) is 0 Å². The van der Waals surface area contributed by atoms with Crippen LogP contribution in [0.4, 0.5) is 5.69 Å². The van der Waals surface area contributed by atoms with Crippen LogP contribution in [0.25, 0.3) is 6.08 Å². The van der Waals surface area contributed by atoms with Gasteiger partial charge in [0.25, 0.3) is 0 Å². The summed E-state index contributed by atoms with van der Waals surface area (Å²) >= 11 is 1.60. The van der Waals surface area contributed by atoms with E-state index in [0.717, 1.165) is 15.6 Å². The summed E-state index contributed by atoms with van der Waals surface area (Å²) in [5.74, 6) is 6.20. The van der Waals surface area contributed by atoms with Crippen molar-refractivity contribution in [1.82, 2.24) is 5.16 Å². The summed E-state index contributed by atoms with van der Waals surface area (Å²) in [6.45, 7) is 0. The van der Waals surface area contributed by atoms with E-state index in [1.807, 2.05) is 7.05 Å². The number of rotatable bonds is 1. The first-order chi connectivity index (χ1) is 10.8. The Morgan fingerprint density at radius 2 is 2.32 bits per heavy atom. The third kappa shape index (κ3) is 1.73. The molecule has 1 N–H and O–H groups in total. The fourth-order valence-electron chi connectivity index (χ4n) is 2.70. The van der Waals surface area contributed by atoms with Gasteiger partial charge in [-0.15, -0.1) is 0 Å². The maximum absolute atomic E-state index is 6.08. The minimum Gasteiger partial charge on any atom is -0.419 e. The predicted octanol–water partition coefficient (Wildman–Crippen LogP) is 3.69. The molecule has 1 spiro atoms. The zero-order chi connectivity index (χ0) is 14.7. The summed E-state index contributed by atoms with van der Waals surface area (Å²) in [5.41, 5.74) is 3.00. The highest BCUT2D eigenvalue weighted by Gasteiger charge is 2.54. The van der Waals surface area contributed by atoms with Gasteiger partial charge in [0.15, 0.2) is 10.8 Å². The standard InChI is InChI=1S/C16H12N2O2S2/c1-17-13-8-19-18-12(13)3-2-11-6-10-7-14-16(4-5-16)9-22(14)20-15(10)21-11/h6-9,17H,4-5H2,1H3. The molecule has 0 bridgehead atoms. The summed E-state index contributed by atoms with van der Waals surface area (Å²) < 4.78 is 11.0. The van der Waals surface area contributed by atoms with E-state index in [-0.39, 0.29) is 10.8 Å². The van der Waals surface area contributed by atoms with Crippen molar-refractivity contribution < 1.29 is 8.71 Å². The number of hydrogen-bond donors (Lipinski definition) is 1. The van der Waals surface area contributed by atoms with Gasteiger partial charge in [-0.25, -0.2) is 0 Å². The Morgan fingerprint density at radius 1 is 1.41 bits per heavy atom. The summed E-state index contributed by atoms with van der Waals surface area (Å²) in [6.07, 6.45) is 6.44. The number of thiophene rings is 1. The smallest absolute Gasteiger partial charge is 0.198 e. The Labute approximate surface area is 134 Å². The molecule has 6 heteroatoms. The van der Waals surface area contributed by atoms with E-state index >= 15 is 0 Å². The Morgan fingerprint density at radius 3 is 3.14 bits per heavy atom. The molecule has 1 saturated carbocycles. The van der Waals surface area contributed by atoms with Crippen molar-refractivity contribution in [1.29, 1.82) is 0 Å². The summed E-state index contributed by atoms with van der Waals surface area (Å²) in [7, 11) is 1.73. The van der Waals surface area contributed by atoms with Crippen molar-refractivity contribution in [2.75, 3.05) is 12.4 Å². The number of aromatic nitrogens is 1. The van der Waals surface area contributed by atoms with Gasteiger partial charge >= 0.3 is 0 Å². The minimum absolute atomic E-state index is 0.0870. The molecule has 1 fully saturated rings. The van der Waals surface area contributed by atoms with Crippen molar-refractivity contribution >= 4 is 39.2 Å². The van der Waals surface area contributed by atoms with E-state index in [0.29, 0.717) is 11.1 Å². The van der Waals surface area contributed by atoms with Gasteiger partial charge in [-0.05, 0) is 42.2 Å². The number of hydrogen-bond acceptors (Lipinski definition) is 5. The number of nitrogens with zero attached hydrogens (tertiary/aromatic N) is 1. The van der Waals surface area contributed by atoms with E-state index in [1.165, 1.54) is 23.3 Å². The molecule has 22 heavy (non-hydrogen) atoms. The van der Waals surface area contributed by atoms with Crippen LogP contribution in [0.15, 0.2) is 21.8 Å². The molecule has 4 nitrogen and oxygen atoms in total. The Hall–Kier alpha value is -1.97. The second-order valence-corrected chi connectivity index (χ2v) is 8.05. The van der Waals surface area contributed by atoms with E-state index in [1.54, 1.807) is 17.6 Å². The van der Waals surface area contributed by atoms with E-state index in [4.69, 9.17) is 8.71 Å². The number of nitrogens with one attached hydrogen (secondary N) is 1. The van der Waals surface area contributed by atoms with Gasteiger partial charge in [-0.2, -0.15) is 0 Å². The average molecular weight is 328 g/mol. The van der Waals surface area contributed by atoms with E-state index < -0.39 is 0 Å². The molecule has 2 aromatic heterocycles. The molecular weight excluding hydrogens is 316 g/mol. The molecule has 3 aliphatic rings. The van der Waals surface area contributed by atoms with Crippen LogP contribution >= 0.6 is 22.1 Å². The number of anilines is 1. The molecule has 4 heterocycles. The fraction of sp³-hybridized carbons (Fsp3) is 0.250. The first kappa shape index (κ1) is 12.6. The predicted molar refractivity (Wildman–Crippen MR) is 90.3 cm³/mol. The van der Waals surface area contributed by atoms with Crippen LogP contribution in [-0.4, -0.2) is 17.6 Å². The molecule has 1 aliphatic carbocycles. The van der Waals surface area contributed by atoms with Gasteiger partial charge in [0.05, 0.1) is 4.88 Å². The lowest BCUT2D eigenvalue weighted by Gasteiger charge is -2.32. The van der Waals surface area contributed by atoms with Crippen molar-refractivity contribution in [2.24, 2.45) is 5.41 Å². The molecule has 1 atom stereocenters. The lowest BCUT2D eigenvalue weighted by atomic mass is 10.1. The molecule has 0 saturated heterocycles. The lowest BCUT2D eigenvalue weighted by molar-refractivity contribution is 0.418. The molecule has 2 aromatic rings. The number of allylic oxidation sites excluding steroid dienone is 1. The Bertz CT molecular complexity index is 920. The molecule has 110 valence electrons. The molecule has 0 aromatic carbocycles. The summed E-state index contributed by atoms with van der Waals surface area (Å²) in [4.78, 5) is 2.47. The van der Waals surface area contributed by atoms with Crippen LogP contribution in [0.2, 0.25) is 0 Å². The van der Waals surface area contributed by atoms with Gasteiger partial charge in [-0.1, -0.05) is 16.5 Å². The zero-order valence-electron chi connectivity index (χ0n) is 11.8. The number of fused-ring (bicyclic) bond motifs is 3. The van der Waals surface area contributed by atoms with Gasteiger partial charge in [0, 0.05) is 33.7 Å². The van der Waals surface area contributed by atoms with Crippen molar-refractivity contribution in [3.05, 3.63) is 33.4 Å². The SMILES string of the molecule is CNc1conc1C#Cc1cc2c(s1)OS1=CC3(CC3)C1=C2. The first-order valence-electron chi connectivity index (χ1n) is 7.05. The maximum atomic E-state index is 6.08. The summed E-state index contributed by atoms with van der Waals surface area (Å²) in [6, 6.07) is 2.11. The van der Waals surface area contributed by atoms with Crippen LogP contribution in [0.1, 0.15) is 29.0 Å². The van der Waals surface area contributed by atoms with Crippen molar-refractivity contribution in [2.45, 2.75) is 12.8 Å². The highest BCUT2D eigenvalue weighted by Crippen LogP contribution is 2.67. The van der Waals surface area contributed by atoms with Gasteiger partial charge in [0.1, 0.15) is 12.0 Å². The molecule has 0 amide bonds. The third-order valence-corrected chi connectivity index (χ3v) is 7.17. The normalized spacial score (nSPS) is 22.0. The molecule has 2 aliphatic heterocycles. The molecule has 0 radical (unpaired) electrons. The maximum Gasteiger partial charge on any atom is 0.198 e. The van der Waals surface area contributed by atoms with Crippen LogP contribution in [0.3, 0.4) is 0 Å². The first-order valence-corrected chi connectivity index (χ1v) is 9.08. The summed E-state index contributed by atoms with van der Waals surface area (Å²) in [5, 5.41) is 10.3. The largest absolute Gasteiger partial charge is 0.419 e. The van der Waals surface area contributed by atoms with E-state index in [2.05, 4.69) is 39.8 Å². The monoisotopic (exact) mass is 328 g/mol. The second-order valence-electron chi connectivity index (χ2n) is 5.59. The highest BCUT2D eigenvalue weighted by molar-refractivity contribution is 8.16. The zero-order valence-corrected chi connectivity index (χ0v) is 13.4. The van der Waals surface area contributed by atoms with Crippen molar-refractivity contribution in [3.8, 4) is 16.9 Å². The molecule has 1 unspecified atom stereocenters. The lowest BCUT2D eigenvalue weighted by Crippen LogP contribution is -2.19. The quantitative estimate of drug-likeness (QED) is 0.641. The second kappa shape index (κ2) is 4.28. The minimum atomic E-state index is -0.0870. The Balaban J connectivity index is 1.48. The topological polar surface area (TPSA) is 47.3 Å². The molecule has 5 rings (SSSR count). The highest BCUT2D eigenvalue weighted by atomic mass is 32.2. The van der Waals surface area contributed by atoms with Crippen molar-refractivity contribution in [3.63, 3.8) is 0 Å².